The van der Waals surface area contributed by atoms with Gasteiger partial charge in [0, 0.05) is 5.39 Å². The third-order valence-corrected chi connectivity index (χ3v) is 4.02. The lowest BCUT2D eigenvalue weighted by Crippen LogP contribution is -2.50. The number of amides is 2. The lowest BCUT2D eigenvalue weighted by Gasteiger charge is -2.11. The lowest BCUT2D eigenvalue weighted by molar-refractivity contribution is -0.123. The van der Waals surface area contributed by atoms with Gasteiger partial charge in [0.15, 0.2) is 11.7 Å². The van der Waals surface area contributed by atoms with Crippen molar-refractivity contribution < 1.29 is 18.7 Å². The van der Waals surface area contributed by atoms with Crippen molar-refractivity contribution in [3.05, 3.63) is 76.1 Å². The molecule has 0 aliphatic carbocycles. The molecule has 0 saturated heterocycles. The zero-order valence-corrected chi connectivity index (χ0v) is 16.2. The molecule has 0 aliphatic rings. The first-order valence-corrected chi connectivity index (χ1v) is 8.96. The highest BCUT2D eigenvalue weighted by Gasteiger charge is 2.15. The van der Waals surface area contributed by atoms with Gasteiger partial charge >= 0.3 is 5.63 Å². The Balaban J connectivity index is 1.50. The van der Waals surface area contributed by atoms with E-state index in [1.165, 1.54) is 6.07 Å². The summed E-state index contributed by atoms with van der Waals surface area (Å²) in [7, 11) is 0. The Morgan fingerprint density at radius 1 is 1.07 bits per heavy atom. The molecule has 0 radical (unpaired) electrons. The van der Waals surface area contributed by atoms with Gasteiger partial charge in [-0.3, -0.25) is 25.8 Å². The lowest BCUT2D eigenvalue weighted by atomic mass is 10.2. The van der Waals surface area contributed by atoms with Gasteiger partial charge in [-0.1, -0.05) is 35.9 Å². The summed E-state index contributed by atoms with van der Waals surface area (Å²) in [5.41, 5.74) is 5.11. The Bertz CT molecular complexity index is 1120. The molecule has 2 aromatic carbocycles. The minimum Gasteiger partial charge on any atom is -0.484 e. The molecule has 3 aromatic rings. The van der Waals surface area contributed by atoms with Crippen molar-refractivity contribution in [2.75, 3.05) is 6.61 Å². The smallest absolute Gasteiger partial charge is 0.349 e. The van der Waals surface area contributed by atoms with Crippen LogP contribution in [0.25, 0.3) is 11.0 Å². The van der Waals surface area contributed by atoms with Crippen LogP contribution >= 0.6 is 12.2 Å². The van der Waals surface area contributed by atoms with Crippen molar-refractivity contribution >= 4 is 40.1 Å². The fourth-order valence-corrected chi connectivity index (χ4v) is 2.51. The number of fused-ring (bicyclic) bond motifs is 1. The maximum atomic E-state index is 12.3. The van der Waals surface area contributed by atoms with Gasteiger partial charge in [-0.15, -0.1) is 0 Å². The number of nitrogens with one attached hydrogen (secondary N) is 3. The van der Waals surface area contributed by atoms with Crippen molar-refractivity contribution in [2.24, 2.45) is 0 Å². The molecule has 1 aromatic heterocycles. The van der Waals surface area contributed by atoms with Gasteiger partial charge in [0.05, 0.1) is 0 Å². The Morgan fingerprint density at radius 2 is 1.79 bits per heavy atom. The maximum absolute atomic E-state index is 12.3. The van der Waals surface area contributed by atoms with Crippen LogP contribution < -0.4 is 26.5 Å². The summed E-state index contributed by atoms with van der Waals surface area (Å²) >= 11 is 4.95. The molecular formula is C20H17N3O5S. The van der Waals surface area contributed by atoms with Crippen molar-refractivity contribution in [2.45, 2.75) is 6.92 Å². The second-order valence-electron chi connectivity index (χ2n) is 6.04. The van der Waals surface area contributed by atoms with E-state index in [4.69, 9.17) is 21.4 Å². The number of thiocarbonyl (C=S) groups is 1. The van der Waals surface area contributed by atoms with Gasteiger partial charge < -0.3 is 9.15 Å². The van der Waals surface area contributed by atoms with Gasteiger partial charge in [0.1, 0.15) is 16.9 Å². The second kappa shape index (κ2) is 8.98. The van der Waals surface area contributed by atoms with Crippen molar-refractivity contribution in [1.29, 1.82) is 0 Å². The number of benzene rings is 2. The predicted molar refractivity (Wildman–Crippen MR) is 111 cm³/mol. The Morgan fingerprint density at radius 3 is 2.55 bits per heavy atom. The van der Waals surface area contributed by atoms with E-state index in [0.29, 0.717) is 16.7 Å². The molecule has 0 fully saturated rings. The van der Waals surface area contributed by atoms with Crippen LogP contribution in [0.4, 0.5) is 0 Å². The van der Waals surface area contributed by atoms with Crippen LogP contribution in [0.5, 0.6) is 5.75 Å². The zero-order valence-electron chi connectivity index (χ0n) is 15.4. The van der Waals surface area contributed by atoms with Gasteiger partial charge in [0.2, 0.25) is 0 Å². The van der Waals surface area contributed by atoms with E-state index in [0.717, 1.165) is 5.56 Å². The molecule has 0 bridgehead atoms. The van der Waals surface area contributed by atoms with E-state index < -0.39 is 17.4 Å². The number of carbonyl (C=O) groups excluding carboxylic acids is 2. The first-order chi connectivity index (χ1) is 13.9. The monoisotopic (exact) mass is 411 g/mol. The van der Waals surface area contributed by atoms with Gasteiger partial charge in [-0.25, -0.2) is 4.79 Å². The number of hydrogen-bond acceptors (Lipinski definition) is 6. The number of aryl methyl sites for hydroxylation is 1. The average molecular weight is 411 g/mol. The highest BCUT2D eigenvalue weighted by atomic mass is 32.1. The molecule has 2 amide bonds. The summed E-state index contributed by atoms with van der Waals surface area (Å²) < 4.78 is 10.4. The van der Waals surface area contributed by atoms with Crippen LogP contribution in [0, 0.1) is 6.92 Å². The number of rotatable bonds is 4. The van der Waals surface area contributed by atoms with Gasteiger partial charge in [0.25, 0.3) is 11.8 Å². The van der Waals surface area contributed by atoms with Crippen molar-refractivity contribution in [1.82, 2.24) is 16.2 Å². The molecule has 1 heterocycles. The third kappa shape index (κ3) is 5.39. The van der Waals surface area contributed by atoms with E-state index >= 15 is 0 Å². The molecule has 3 N–H and O–H groups in total. The molecule has 29 heavy (non-hydrogen) atoms. The van der Waals surface area contributed by atoms with E-state index in [1.807, 2.05) is 19.1 Å². The first kappa shape index (κ1) is 20.0. The normalized spacial score (nSPS) is 10.2. The molecule has 0 aliphatic heterocycles. The van der Waals surface area contributed by atoms with E-state index in [-0.39, 0.29) is 17.3 Å². The van der Waals surface area contributed by atoms with Crippen LogP contribution in [0.3, 0.4) is 0 Å². The topological polar surface area (TPSA) is 110 Å². The molecular weight excluding hydrogens is 394 g/mol. The van der Waals surface area contributed by atoms with Crippen molar-refractivity contribution in [3.63, 3.8) is 0 Å². The molecule has 0 saturated carbocycles. The third-order valence-electron chi connectivity index (χ3n) is 3.82. The van der Waals surface area contributed by atoms with Crippen LogP contribution in [-0.4, -0.2) is 23.5 Å². The minimum absolute atomic E-state index is 0.189. The quantitative estimate of drug-likeness (QED) is 0.341. The van der Waals surface area contributed by atoms with Crippen LogP contribution in [0.15, 0.2) is 63.8 Å². The zero-order chi connectivity index (χ0) is 20.8. The van der Waals surface area contributed by atoms with Crippen LogP contribution in [0.1, 0.15) is 15.9 Å². The largest absolute Gasteiger partial charge is 0.484 e. The Labute approximate surface area is 170 Å². The highest BCUT2D eigenvalue weighted by Crippen LogP contribution is 2.12. The van der Waals surface area contributed by atoms with E-state index in [2.05, 4.69) is 16.2 Å². The fraction of sp³-hybridized carbons (Fsp3) is 0.100. The summed E-state index contributed by atoms with van der Waals surface area (Å²) in [6.07, 6.45) is 0. The number of para-hydroxylation sites is 1. The summed E-state index contributed by atoms with van der Waals surface area (Å²) in [5, 5.41) is 2.71. The second-order valence-corrected chi connectivity index (χ2v) is 6.45. The van der Waals surface area contributed by atoms with E-state index in [1.54, 1.807) is 36.4 Å². The minimum atomic E-state index is -0.792. The first-order valence-electron chi connectivity index (χ1n) is 8.55. The highest BCUT2D eigenvalue weighted by molar-refractivity contribution is 7.80. The Kier molecular flexibility index (Phi) is 6.20. The Hall–Kier alpha value is -3.72. The summed E-state index contributed by atoms with van der Waals surface area (Å²) in [4.78, 5) is 36.1. The number of carbonyl (C=O) groups is 2. The molecule has 0 unspecified atom stereocenters. The molecule has 148 valence electrons. The summed E-state index contributed by atoms with van der Waals surface area (Å²) in [6, 6.07) is 15.4. The number of hydrogen-bond donors (Lipinski definition) is 3. The molecule has 9 heteroatoms. The molecule has 3 rings (SSSR count). The standard InChI is InChI=1S/C20H17N3O5S/c1-12-6-8-14(9-7-12)27-11-17(24)22-23-20(29)21-18(25)15-10-13-4-2-3-5-16(13)28-19(15)26/h2-10H,11H2,1H3,(H,22,24)(H2,21,23,25,29). The fourth-order valence-electron chi connectivity index (χ4n) is 2.37. The summed E-state index contributed by atoms with van der Waals surface area (Å²) in [6.45, 7) is 1.69. The maximum Gasteiger partial charge on any atom is 0.349 e. The number of hydrazine groups is 1. The molecule has 8 nitrogen and oxygen atoms in total. The molecule has 0 atom stereocenters. The molecule has 0 spiro atoms. The van der Waals surface area contributed by atoms with Gasteiger partial charge in [-0.05, 0) is 43.4 Å². The predicted octanol–water partition coefficient (Wildman–Crippen LogP) is 1.82. The van der Waals surface area contributed by atoms with Crippen LogP contribution in [0.2, 0.25) is 0 Å². The average Bonchev–Trinajstić information content (AvgIpc) is 2.71. The number of ether oxygens (including phenoxy) is 1. The van der Waals surface area contributed by atoms with E-state index in [9.17, 15) is 14.4 Å². The summed E-state index contributed by atoms with van der Waals surface area (Å²) in [5.74, 6) is -0.718. The SMILES string of the molecule is Cc1ccc(OCC(=O)NNC(=S)NC(=O)c2cc3ccccc3oc2=O)cc1. The van der Waals surface area contributed by atoms with Gasteiger partial charge in [-0.2, -0.15) is 0 Å². The van der Waals surface area contributed by atoms with Crippen molar-refractivity contribution in [3.8, 4) is 5.75 Å². The van der Waals surface area contributed by atoms with Crippen LogP contribution in [-0.2, 0) is 4.79 Å².